The van der Waals surface area contributed by atoms with Crippen molar-refractivity contribution in [1.29, 1.82) is 0 Å². The Bertz CT molecular complexity index is 613. The lowest BCUT2D eigenvalue weighted by atomic mass is 10.0. The second kappa shape index (κ2) is 6.37. The van der Waals surface area contributed by atoms with E-state index in [2.05, 4.69) is 0 Å². The standard InChI is InChI=1S/C17H17ClO3/c18-14-10-13(11-16-17(14)21-8-4-7-20-16)15(19)9-12-5-2-1-3-6-12/h1-3,5-6,10-11,15,19H,4,7-9H2. The Hall–Kier alpha value is -1.71. The first kappa shape index (κ1) is 14.2. The van der Waals surface area contributed by atoms with E-state index in [1.165, 1.54) is 0 Å². The van der Waals surface area contributed by atoms with Gasteiger partial charge in [0.2, 0.25) is 0 Å². The average Bonchev–Trinajstić information content (AvgIpc) is 2.74. The Morgan fingerprint density at radius 2 is 1.86 bits per heavy atom. The summed E-state index contributed by atoms with van der Waals surface area (Å²) in [5, 5.41) is 10.9. The van der Waals surface area contributed by atoms with Gasteiger partial charge in [-0.1, -0.05) is 41.9 Å². The van der Waals surface area contributed by atoms with Gasteiger partial charge in [0.1, 0.15) is 0 Å². The number of rotatable bonds is 3. The van der Waals surface area contributed by atoms with E-state index in [1.807, 2.05) is 36.4 Å². The summed E-state index contributed by atoms with van der Waals surface area (Å²) >= 11 is 6.25. The van der Waals surface area contributed by atoms with Crippen LogP contribution >= 0.6 is 11.6 Å². The van der Waals surface area contributed by atoms with E-state index in [0.29, 0.717) is 36.2 Å². The maximum Gasteiger partial charge on any atom is 0.179 e. The second-order valence-corrected chi connectivity index (χ2v) is 5.49. The molecule has 1 aliphatic heterocycles. The summed E-state index contributed by atoms with van der Waals surface area (Å²) < 4.78 is 11.2. The zero-order chi connectivity index (χ0) is 14.7. The highest BCUT2D eigenvalue weighted by Crippen LogP contribution is 2.39. The van der Waals surface area contributed by atoms with Crippen molar-refractivity contribution in [3.8, 4) is 11.5 Å². The summed E-state index contributed by atoms with van der Waals surface area (Å²) in [6.07, 6.45) is 0.742. The summed E-state index contributed by atoms with van der Waals surface area (Å²) in [5.41, 5.74) is 1.82. The molecule has 0 aliphatic carbocycles. The number of fused-ring (bicyclic) bond motifs is 1. The highest BCUT2D eigenvalue weighted by atomic mass is 35.5. The number of ether oxygens (including phenoxy) is 2. The molecular weight excluding hydrogens is 288 g/mol. The molecule has 110 valence electrons. The maximum atomic E-state index is 10.4. The van der Waals surface area contributed by atoms with Gasteiger partial charge in [0.15, 0.2) is 11.5 Å². The third-order valence-electron chi connectivity index (χ3n) is 3.48. The van der Waals surface area contributed by atoms with Crippen LogP contribution in [0.15, 0.2) is 42.5 Å². The van der Waals surface area contributed by atoms with Crippen LogP contribution in [0, 0.1) is 0 Å². The number of aliphatic hydroxyl groups excluding tert-OH is 1. The van der Waals surface area contributed by atoms with Crippen LogP contribution in [0.1, 0.15) is 23.7 Å². The van der Waals surface area contributed by atoms with Crippen molar-refractivity contribution in [2.75, 3.05) is 13.2 Å². The number of halogens is 1. The van der Waals surface area contributed by atoms with Crippen LogP contribution in [0.3, 0.4) is 0 Å². The minimum Gasteiger partial charge on any atom is -0.489 e. The molecule has 1 aliphatic rings. The minimum atomic E-state index is -0.623. The van der Waals surface area contributed by atoms with Gasteiger partial charge in [-0.2, -0.15) is 0 Å². The predicted octanol–water partition coefficient (Wildman–Crippen LogP) is 3.78. The molecule has 3 nitrogen and oxygen atoms in total. The van der Waals surface area contributed by atoms with E-state index >= 15 is 0 Å². The van der Waals surface area contributed by atoms with Gasteiger partial charge in [0.25, 0.3) is 0 Å². The first-order valence-electron chi connectivity index (χ1n) is 7.05. The Morgan fingerprint density at radius 1 is 1.10 bits per heavy atom. The van der Waals surface area contributed by atoms with E-state index in [0.717, 1.165) is 17.5 Å². The van der Waals surface area contributed by atoms with Gasteiger partial charge >= 0.3 is 0 Å². The van der Waals surface area contributed by atoms with Crippen molar-refractivity contribution in [3.63, 3.8) is 0 Å². The van der Waals surface area contributed by atoms with Gasteiger partial charge < -0.3 is 14.6 Å². The van der Waals surface area contributed by atoms with Crippen molar-refractivity contribution in [2.24, 2.45) is 0 Å². The summed E-state index contributed by atoms with van der Waals surface area (Å²) in [7, 11) is 0. The van der Waals surface area contributed by atoms with E-state index in [1.54, 1.807) is 6.07 Å². The molecule has 0 fully saturated rings. The number of hydrogen-bond acceptors (Lipinski definition) is 3. The SMILES string of the molecule is OC(Cc1ccccc1)c1cc(Cl)c2c(c1)OCCCO2. The molecule has 0 saturated heterocycles. The lowest BCUT2D eigenvalue weighted by Gasteiger charge is -2.15. The highest BCUT2D eigenvalue weighted by Gasteiger charge is 2.18. The molecule has 2 aromatic rings. The van der Waals surface area contributed by atoms with Crippen molar-refractivity contribution < 1.29 is 14.6 Å². The monoisotopic (exact) mass is 304 g/mol. The fourth-order valence-electron chi connectivity index (χ4n) is 2.40. The summed E-state index contributed by atoms with van der Waals surface area (Å²) in [6, 6.07) is 13.4. The van der Waals surface area contributed by atoms with Gasteiger partial charge in [-0.3, -0.25) is 0 Å². The first-order valence-corrected chi connectivity index (χ1v) is 7.43. The maximum absolute atomic E-state index is 10.4. The van der Waals surface area contributed by atoms with Crippen molar-refractivity contribution >= 4 is 11.6 Å². The molecule has 2 aromatic carbocycles. The quantitative estimate of drug-likeness (QED) is 0.938. The molecule has 3 rings (SSSR count). The topological polar surface area (TPSA) is 38.7 Å². The molecular formula is C17H17ClO3. The summed E-state index contributed by atoms with van der Waals surface area (Å²) in [4.78, 5) is 0. The second-order valence-electron chi connectivity index (χ2n) is 5.09. The van der Waals surface area contributed by atoms with Gasteiger partial charge in [0, 0.05) is 12.8 Å². The van der Waals surface area contributed by atoms with Crippen molar-refractivity contribution in [2.45, 2.75) is 18.9 Å². The predicted molar refractivity (Wildman–Crippen MR) is 82.2 cm³/mol. The molecule has 0 saturated carbocycles. The molecule has 1 heterocycles. The molecule has 0 radical (unpaired) electrons. The van der Waals surface area contributed by atoms with E-state index < -0.39 is 6.10 Å². The molecule has 0 bridgehead atoms. The van der Waals surface area contributed by atoms with Crippen LogP contribution in [-0.2, 0) is 6.42 Å². The van der Waals surface area contributed by atoms with Crippen LogP contribution in [0.4, 0.5) is 0 Å². The molecule has 4 heteroatoms. The Balaban J connectivity index is 1.85. The van der Waals surface area contributed by atoms with Crippen molar-refractivity contribution in [1.82, 2.24) is 0 Å². The zero-order valence-corrected chi connectivity index (χ0v) is 12.3. The van der Waals surface area contributed by atoms with Gasteiger partial charge in [-0.25, -0.2) is 0 Å². The zero-order valence-electron chi connectivity index (χ0n) is 11.6. The Morgan fingerprint density at radius 3 is 2.67 bits per heavy atom. The Kier molecular flexibility index (Phi) is 4.32. The third-order valence-corrected chi connectivity index (χ3v) is 3.76. The van der Waals surface area contributed by atoms with Crippen LogP contribution < -0.4 is 9.47 Å². The van der Waals surface area contributed by atoms with Crippen LogP contribution in [0.25, 0.3) is 0 Å². The lowest BCUT2D eigenvalue weighted by molar-refractivity contribution is 0.178. The summed E-state index contributed by atoms with van der Waals surface area (Å²) in [6.45, 7) is 1.19. The van der Waals surface area contributed by atoms with Gasteiger partial charge in [-0.15, -0.1) is 0 Å². The van der Waals surface area contributed by atoms with E-state index in [-0.39, 0.29) is 0 Å². The average molecular weight is 305 g/mol. The molecule has 21 heavy (non-hydrogen) atoms. The van der Waals surface area contributed by atoms with Crippen LogP contribution in [-0.4, -0.2) is 18.3 Å². The van der Waals surface area contributed by atoms with E-state index in [9.17, 15) is 5.11 Å². The van der Waals surface area contributed by atoms with E-state index in [4.69, 9.17) is 21.1 Å². The van der Waals surface area contributed by atoms with Crippen LogP contribution in [0.2, 0.25) is 5.02 Å². The molecule has 1 atom stereocenters. The number of benzene rings is 2. The molecule has 0 spiro atoms. The molecule has 1 unspecified atom stereocenters. The normalized spacial score (nSPS) is 15.3. The fraction of sp³-hybridized carbons (Fsp3) is 0.294. The number of hydrogen-bond donors (Lipinski definition) is 1. The van der Waals surface area contributed by atoms with Crippen molar-refractivity contribution in [3.05, 3.63) is 58.6 Å². The largest absolute Gasteiger partial charge is 0.489 e. The van der Waals surface area contributed by atoms with Gasteiger partial charge in [-0.05, 0) is 23.3 Å². The summed E-state index contributed by atoms with van der Waals surface area (Å²) in [5.74, 6) is 1.19. The lowest BCUT2D eigenvalue weighted by Crippen LogP contribution is -2.03. The third kappa shape index (κ3) is 3.31. The molecule has 0 amide bonds. The first-order chi connectivity index (χ1) is 10.2. The van der Waals surface area contributed by atoms with Crippen LogP contribution in [0.5, 0.6) is 11.5 Å². The highest BCUT2D eigenvalue weighted by molar-refractivity contribution is 6.32. The minimum absolute atomic E-state index is 0.483. The molecule has 1 N–H and O–H groups in total. The van der Waals surface area contributed by atoms with Gasteiger partial charge in [0.05, 0.1) is 24.3 Å². The number of aliphatic hydroxyl groups is 1. The Labute approximate surface area is 129 Å². The smallest absolute Gasteiger partial charge is 0.179 e. The fourth-order valence-corrected chi connectivity index (χ4v) is 2.67. The molecule has 0 aromatic heterocycles.